The SMILES string of the molecule is [Ca].[Cr].[Fe].[Mg].[Zn]. The van der Waals surface area contributed by atoms with Crippen LogP contribution in [0.25, 0.3) is 0 Å². The molecule has 0 bridgehead atoms. The molecule has 0 unspecified atom stereocenters. The van der Waals surface area contributed by atoms with Crippen LogP contribution in [0.1, 0.15) is 0 Å². The predicted molar refractivity (Wildman–Crippen MR) is 11.5 cm³/mol. The molecule has 0 aliphatic carbocycles. The summed E-state index contributed by atoms with van der Waals surface area (Å²) < 4.78 is 0. The fourth-order valence-electron chi connectivity index (χ4n) is 0. The van der Waals surface area contributed by atoms with Gasteiger partial charge in [-0.3, -0.25) is 0 Å². The summed E-state index contributed by atoms with van der Waals surface area (Å²) in [6, 6.07) is 0. The van der Waals surface area contributed by atoms with Crippen LogP contribution in [-0.2, 0) is 53.9 Å². The van der Waals surface area contributed by atoms with Gasteiger partial charge in [-0.15, -0.1) is 0 Å². The minimum absolute atomic E-state index is 0. The van der Waals surface area contributed by atoms with E-state index in [0.29, 0.717) is 0 Å². The first kappa shape index (κ1) is 37.7. The fourth-order valence-corrected chi connectivity index (χ4v) is 0. The summed E-state index contributed by atoms with van der Waals surface area (Å²) in [5.41, 5.74) is 0. The van der Waals surface area contributed by atoms with E-state index in [4.69, 9.17) is 0 Å². The molecule has 0 saturated heterocycles. The van der Waals surface area contributed by atoms with Crippen LogP contribution in [0, 0.1) is 0 Å². The summed E-state index contributed by atoms with van der Waals surface area (Å²) in [4.78, 5) is 0. The van der Waals surface area contributed by atoms with E-state index in [-0.39, 0.29) is 115 Å². The molecule has 0 aromatic rings. The minimum Gasteiger partial charge on any atom is 0 e. The summed E-state index contributed by atoms with van der Waals surface area (Å²) in [7, 11) is 0. The Bertz CT molecular complexity index is 11.6. The summed E-state index contributed by atoms with van der Waals surface area (Å²) >= 11 is 0. The molecule has 0 N–H and O–H groups in total. The molecule has 0 atom stereocenters. The fraction of sp³-hybridized carbons (Fsp3) is 0. The van der Waals surface area contributed by atoms with Crippen LogP contribution in [0.15, 0.2) is 0 Å². The van der Waals surface area contributed by atoms with E-state index in [9.17, 15) is 0 Å². The van der Waals surface area contributed by atoms with Crippen molar-refractivity contribution >= 4 is 60.8 Å². The van der Waals surface area contributed by atoms with Gasteiger partial charge in [-0.25, -0.2) is 0 Å². The molecular formula is CaCrFeMgZn. The molecule has 0 heterocycles. The Morgan fingerprint density at radius 3 is 1.00 bits per heavy atom. The van der Waals surface area contributed by atoms with Crippen LogP contribution < -0.4 is 0 Å². The van der Waals surface area contributed by atoms with Crippen LogP contribution in [0.5, 0.6) is 0 Å². The van der Waals surface area contributed by atoms with Gasteiger partial charge in [0.1, 0.15) is 0 Å². The third-order valence-corrected chi connectivity index (χ3v) is 0. The summed E-state index contributed by atoms with van der Waals surface area (Å²) in [6.07, 6.45) is 0. The van der Waals surface area contributed by atoms with E-state index in [1.165, 1.54) is 0 Å². The van der Waals surface area contributed by atoms with E-state index in [1.54, 1.807) is 0 Å². The molecule has 0 amide bonds. The van der Waals surface area contributed by atoms with E-state index in [0.717, 1.165) is 0 Å². The van der Waals surface area contributed by atoms with Crippen molar-refractivity contribution in [2.75, 3.05) is 0 Å². The molecule has 5 heavy (non-hydrogen) atoms. The standard InChI is InChI=1S/Ca.Cr.Fe.Mg.Zn. The van der Waals surface area contributed by atoms with Gasteiger partial charge >= 0.3 is 0 Å². The summed E-state index contributed by atoms with van der Waals surface area (Å²) in [5.74, 6) is 0. The Morgan fingerprint density at radius 1 is 1.00 bits per heavy atom. The normalized spacial score (nSPS) is 0. The molecule has 0 aliphatic rings. The van der Waals surface area contributed by atoms with Gasteiger partial charge in [0.05, 0.1) is 0 Å². The Balaban J connectivity index is 0. The number of rotatable bonds is 0. The third-order valence-electron chi connectivity index (χ3n) is 0. The largest absolute Gasteiger partial charge is 0 e. The maximum absolute atomic E-state index is 0. The molecule has 0 spiro atoms. The second-order valence-electron chi connectivity index (χ2n) is 0. The zero-order valence-corrected chi connectivity index (χ0v) is 11.9. The topological polar surface area (TPSA) is 0 Å². The van der Waals surface area contributed by atoms with Crippen molar-refractivity contribution in [3.63, 3.8) is 0 Å². The predicted octanol–water partition coefficient (Wildman–Crippen LogP) is -0.769. The van der Waals surface area contributed by atoms with Gasteiger partial charge in [0.15, 0.2) is 0 Å². The second kappa shape index (κ2) is 25.2. The molecule has 20 valence electrons. The van der Waals surface area contributed by atoms with Gasteiger partial charge in [-0.1, -0.05) is 0 Å². The maximum atomic E-state index is 0. The number of hydrogen-bond acceptors (Lipinski definition) is 0. The first-order chi connectivity index (χ1) is 0. The van der Waals surface area contributed by atoms with E-state index >= 15 is 0 Å². The van der Waals surface area contributed by atoms with Crippen molar-refractivity contribution in [2.45, 2.75) is 0 Å². The van der Waals surface area contributed by atoms with Crippen LogP contribution in [-0.4, -0.2) is 60.8 Å². The van der Waals surface area contributed by atoms with Crippen molar-refractivity contribution in [3.05, 3.63) is 0 Å². The van der Waals surface area contributed by atoms with Crippen LogP contribution >= 0.6 is 0 Å². The molecule has 0 saturated carbocycles. The average molecular weight is 238 g/mol. The van der Waals surface area contributed by atoms with E-state index < -0.39 is 0 Å². The first-order valence-electron chi connectivity index (χ1n) is 0. The first-order valence-corrected chi connectivity index (χ1v) is 0. The molecular weight excluding hydrogens is 238 g/mol. The van der Waals surface area contributed by atoms with Crippen LogP contribution in [0.4, 0.5) is 0 Å². The molecule has 4 radical (unpaired) electrons. The van der Waals surface area contributed by atoms with Gasteiger partial charge in [-0.05, 0) is 0 Å². The van der Waals surface area contributed by atoms with Gasteiger partial charge in [0.25, 0.3) is 0 Å². The van der Waals surface area contributed by atoms with Crippen molar-refractivity contribution in [3.8, 4) is 0 Å². The van der Waals surface area contributed by atoms with Crippen molar-refractivity contribution < 1.29 is 53.9 Å². The van der Waals surface area contributed by atoms with Crippen LogP contribution in [0.2, 0.25) is 0 Å². The Hall–Kier alpha value is 3.70. The Morgan fingerprint density at radius 2 is 1.00 bits per heavy atom. The smallest absolute Gasteiger partial charge is 0 e. The molecule has 0 aromatic carbocycles. The molecule has 0 rings (SSSR count). The number of hydrogen-bond donors (Lipinski definition) is 0. The van der Waals surface area contributed by atoms with Gasteiger partial charge in [0, 0.05) is 115 Å². The zero-order valence-electron chi connectivity index (χ0n) is 2.88. The molecule has 0 aliphatic heterocycles. The van der Waals surface area contributed by atoms with E-state index in [2.05, 4.69) is 0 Å². The second-order valence-corrected chi connectivity index (χ2v) is 0. The molecule has 5 heteroatoms. The van der Waals surface area contributed by atoms with Gasteiger partial charge in [0.2, 0.25) is 0 Å². The van der Waals surface area contributed by atoms with E-state index in [1.807, 2.05) is 0 Å². The Kier molecular flexibility index (Phi) is 190. The average Bonchev–Trinajstić information content (AvgIpc) is 0. The van der Waals surface area contributed by atoms with Gasteiger partial charge < -0.3 is 0 Å². The van der Waals surface area contributed by atoms with Crippen molar-refractivity contribution in [2.24, 2.45) is 0 Å². The van der Waals surface area contributed by atoms with Gasteiger partial charge in [-0.2, -0.15) is 0 Å². The molecule has 0 aromatic heterocycles. The Labute approximate surface area is 112 Å². The molecule has 0 nitrogen and oxygen atoms in total. The van der Waals surface area contributed by atoms with Crippen LogP contribution in [0.3, 0.4) is 0 Å². The maximum Gasteiger partial charge on any atom is 0 e. The third kappa shape index (κ3) is 18.3. The summed E-state index contributed by atoms with van der Waals surface area (Å²) in [5, 5.41) is 0. The van der Waals surface area contributed by atoms with Crippen molar-refractivity contribution in [1.82, 2.24) is 0 Å². The van der Waals surface area contributed by atoms with Crippen molar-refractivity contribution in [1.29, 1.82) is 0 Å². The quantitative estimate of drug-likeness (QED) is 0.486. The monoisotopic (exact) mass is 236 g/mol. The summed E-state index contributed by atoms with van der Waals surface area (Å²) in [6.45, 7) is 0. The minimum atomic E-state index is 0. The zero-order chi connectivity index (χ0) is 0. The molecule has 0 fully saturated rings.